The molecule has 0 aliphatic rings. The molecular weight excluding hydrogens is 348 g/mol. The first-order chi connectivity index (χ1) is 13.1. The Morgan fingerprint density at radius 1 is 1.15 bits per heavy atom. The molecule has 0 bridgehead atoms. The summed E-state index contributed by atoms with van der Waals surface area (Å²) >= 11 is 0. The van der Waals surface area contributed by atoms with Crippen LogP contribution in [0.1, 0.15) is 18.1 Å². The molecule has 8 nitrogen and oxygen atoms in total. The van der Waals surface area contributed by atoms with E-state index in [1.807, 2.05) is 32.0 Å². The van der Waals surface area contributed by atoms with Gasteiger partial charge in [-0.2, -0.15) is 0 Å². The Morgan fingerprint density at radius 2 is 1.96 bits per heavy atom. The van der Waals surface area contributed by atoms with Crippen LogP contribution in [-0.2, 0) is 20.8 Å². The second-order valence-corrected chi connectivity index (χ2v) is 5.78. The molecule has 3 N–H and O–H groups in total. The minimum atomic E-state index is -0.120. The normalized spacial score (nSPS) is 11.2. The van der Waals surface area contributed by atoms with Gasteiger partial charge < -0.3 is 30.2 Å². The van der Waals surface area contributed by atoms with E-state index in [-0.39, 0.29) is 12.5 Å². The molecule has 0 aliphatic carbocycles. The van der Waals surface area contributed by atoms with Crippen LogP contribution in [0.2, 0.25) is 0 Å². The van der Waals surface area contributed by atoms with Crippen LogP contribution in [0.5, 0.6) is 5.75 Å². The van der Waals surface area contributed by atoms with Crippen molar-refractivity contribution in [2.75, 3.05) is 53.7 Å². The van der Waals surface area contributed by atoms with Crippen molar-refractivity contribution in [3.05, 3.63) is 29.3 Å². The number of carbonyl (C=O) groups excluding carboxylic acids is 1. The second-order valence-electron chi connectivity index (χ2n) is 5.78. The van der Waals surface area contributed by atoms with E-state index < -0.39 is 0 Å². The highest BCUT2D eigenvalue weighted by atomic mass is 16.5. The van der Waals surface area contributed by atoms with Crippen molar-refractivity contribution in [2.24, 2.45) is 4.99 Å². The van der Waals surface area contributed by atoms with Gasteiger partial charge in [-0.3, -0.25) is 9.79 Å². The Morgan fingerprint density at radius 3 is 2.67 bits per heavy atom. The number of hydrogen-bond donors (Lipinski definition) is 3. The maximum Gasteiger partial charge on any atom is 0.239 e. The molecule has 0 aliphatic heterocycles. The van der Waals surface area contributed by atoms with E-state index in [1.54, 1.807) is 14.2 Å². The maximum absolute atomic E-state index is 11.7. The molecule has 0 radical (unpaired) electrons. The Hall–Kier alpha value is -2.32. The summed E-state index contributed by atoms with van der Waals surface area (Å²) in [7, 11) is 3.25. The molecule has 1 amide bonds. The molecule has 0 heterocycles. The van der Waals surface area contributed by atoms with Crippen LogP contribution in [0.3, 0.4) is 0 Å². The highest BCUT2D eigenvalue weighted by Gasteiger charge is 2.07. The molecule has 0 fully saturated rings. The van der Waals surface area contributed by atoms with Gasteiger partial charge in [0.25, 0.3) is 0 Å². The third-order valence-corrected chi connectivity index (χ3v) is 3.63. The zero-order valence-electron chi connectivity index (χ0n) is 16.8. The standard InChI is InChI=1S/C19H32N4O4/c1-5-26-10-11-27-17-12-15(2)6-7-16(17)13-22-19(20-3)23-14-18(24)21-8-9-25-4/h6-7,12H,5,8-11,13-14H2,1-4H3,(H,21,24)(H2,20,22,23). The number of guanidine groups is 1. The van der Waals surface area contributed by atoms with Gasteiger partial charge in [0.15, 0.2) is 5.96 Å². The van der Waals surface area contributed by atoms with Crippen LogP contribution in [0.4, 0.5) is 0 Å². The number of nitrogens with zero attached hydrogens (tertiary/aromatic N) is 1. The first-order valence-corrected chi connectivity index (χ1v) is 9.10. The number of benzene rings is 1. The van der Waals surface area contributed by atoms with Crippen LogP contribution in [0.25, 0.3) is 0 Å². The number of ether oxygens (including phenoxy) is 3. The molecule has 1 aromatic rings. The number of hydrogen-bond acceptors (Lipinski definition) is 5. The Kier molecular flexibility index (Phi) is 11.6. The van der Waals surface area contributed by atoms with Crippen molar-refractivity contribution in [1.29, 1.82) is 0 Å². The molecule has 1 aromatic carbocycles. The van der Waals surface area contributed by atoms with Gasteiger partial charge in [-0.1, -0.05) is 12.1 Å². The zero-order chi connectivity index (χ0) is 19.9. The quantitative estimate of drug-likeness (QED) is 0.283. The molecule has 0 aromatic heterocycles. The number of rotatable bonds is 12. The lowest BCUT2D eigenvalue weighted by molar-refractivity contribution is -0.120. The summed E-state index contributed by atoms with van der Waals surface area (Å²) in [6, 6.07) is 6.05. The van der Waals surface area contributed by atoms with Crippen LogP contribution in [-0.4, -0.2) is 65.5 Å². The van der Waals surface area contributed by atoms with E-state index in [9.17, 15) is 4.79 Å². The van der Waals surface area contributed by atoms with Crippen molar-refractivity contribution in [1.82, 2.24) is 16.0 Å². The Balaban J connectivity index is 2.50. The fourth-order valence-electron chi connectivity index (χ4n) is 2.22. The molecule has 27 heavy (non-hydrogen) atoms. The van der Waals surface area contributed by atoms with E-state index in [4.69, 9.17) is 14.2 Å². The number of carbonyl (C=O) groups is 1. The number of aryl methyl sites for hydroxylation is 1. The molecule has 1 rings (SSSR count). The monoisotopic (exact) mass is 380 g/mol. The molecule has 0 spiro atoms. The topological polar surface area (TPSA) is 93.2 Å². The van der Waals surface area contributed by atoms with Crippen LogP contribution in [0, 0.1) is 6.92 Å². The van der Waals surface area contributed by atoms with E-state index in [0.29, 0.717) is 45.5 Å². The minimum Gasteiger partial charge on any atom is -0.491 e. The van der Waals surface area contributed by atoms with Crippen molar-refractivity contribution in [2.45, 2.75) is 20.4 Å². The Bertz CT molecular complexity index is 593. The van der Waals surface area contributed by atoms with E-state index >= 15 is 0 Å². The second kappa shape index (κ2) is 13.8. The fraction of sp³-hybridized carbons (Fsp3) is 0.579. The number of nitrogens with one attached hydrogen (secondary N) is 3. The third kappa shape index (κ3) is 9.81. The van der Waals surface area contributed by atoms with E-state index in [1.165, 1.54) is 0 Å². The number of methoxy groups -OCH3 is 1. The summed E-state index contributed by atoms with van der Waals surface area (Å²) < 4.78 is 16.0. The first kappa shape index (κ1) is 22.7. The largest absolute Gasteiger partial charge is 0.491 e. The molecular formula is C19H32N4O4. The van der Waals surface area contributed by atoms with Crippen LogP contribution < -0.4 is 20.7 Å². The van der Waals surface area contributed by atoms with Gasteiger partial charge in [-0.25, -0.2) is 0 Å². The summed E-state index contributed by atoms with van der Waals surface area (Å²) in [6.45, 7) is 7.33. The van der Waals surface area contributed by atoms with Gasteiger partial charge in [0.2, 0.25) is 5.91 Å². The molecule has 0 saturated heterocycles. The number of amides is 1. The van der Waals surface area contributed by atoms with Gasteiger partial charge in [0, 0.05) is 39.4 Å². The van der Waals surface area contributed by atoms with Crippen molar-refractivity contribution < 1.29 is 19.0 Å². The summed E-state index contributed by atoms with van der Waals surface area (Å²) in [5.74, 6) is 1.23. The molecule has 0 saturated carbocycles. The summed E-state index contributed by atoms with van der Waals surface area (Å²) in [4.78, 5) is 15.9. The van der Waals surface area contributed by atoms with Crippen molar-refractivity contribution in [3.63, 3.8) is 0 Å². The molecule has 152 valence electrons. The minimum absolute atomic E-state index is 0.120. The smallest absolute Gasteiger partial charge is 0.239 e. The van der Waals surface area contributed by atoms with Gasteiger partial charge in [0.05, 0.1) is 19.8 Å². The van der Waals surface area contributed by atoms with Crippen LogP contribution >= 0.6 is 0 Å². The van der Waals surface area contributed by atoms with Gasteiger partial charge >= 0.3 is 0 Å². The lowest BCUT2D eigenvalue weighted by Crippen LogP contribution is -2.43. The highest BCUT2D eigenvalue weighted by Crippen LogP contribution is 2.20. The van der Waals surface area contributed by atoms with E-state index in [2.05, 4.69) is 20.9 Å². The Labute approximate surface area is 161 Å². The summed E-state index contributed by atoms with van der Waals surface area (Å²) in [5, 5.41) is 8.92. The summed E-state index contributed by atoms with van der Waals surface area (Å²) in [5.41, 5.74) is 2.13. The molecule has 8 heteroatoms. The maximum atomic E-state index is 11.7. The summed E-state index contributed by atoms with van der Waals surface area (Å²) in [6.07, 6.45) is 0. The van der Waals surface area contributed by atoms with Gasteiger partial charge in [-0.05, 0) is 25.5 Å². The zero-order valence-corrected chi connectivity index (χ0v) is 16.8. The first-order valence-electron chi connectivity index (χ1n) is 9.10. The lowest BCUT2D eigenvalue weighted by atomic mass is 10.1. The van der Waals surface area contributed by atoms with Crippen molar-refractivity contribution >= 4 is 11.9 Å². The predicted molar refractivity (Wildman–Crippen MR) is 106 cm³/mol. The van der Waals surface area contributed by atoms with Crippen molar-refractivity contribution in [3.8, 4) is 5.75 Å². The average molecular weight is 380 g/mol. The predicted octanol–water partition coefficient (Wildman–Crippen LogP) is 0.838. The average Bonchev–Trinajstić information content (AvgIpc) is 2.66. The lowest BCUT2D eigenvalue weighted by Gasteiger charge is -2.15. The highest BCUT2D eigenvalue weighted by molar-refractivity contribution is 5.86. The number of aliphatic imine (C=N–C) groups is 1. The molecule has 0 atom stereocenters. The molecule has 0 unspecified atom stereocenters. The van der Waals surface area contributed by atoms with E-state index in [0.717, 1.165) is 16.9 Å². The van der Waals surface area contributed by atoms with Gasteiger partial charge in [0.1, 0.15) is 12.4 Å². The van der Waals surface area contributed by atoms with Crippen LogP contribution in [0.15, 0.2) is 23.2 Å². The van der Waals surface area contributed by atoms with Gasteiger partial charge in [-0.15, -0.1) is 0 Å². The fourth-order valence-corrected chi connectivity index (χ4v) is 2.22. The third-order valence-electron chi connectivity index (χ3n) is 3.63. The SMILES string of the molecule is CCOCCOc1cc(C)ccc1CNC(=NC)NCC(=O)NCCOC.